The summed E-state index contributed by atoms with van der Waals surface area (Å²) in [5.74, 6) is 0.487. The van der Waals surface area contributed by atoms with Crippen LogP contribution in [0.3, 0.4) is 0 Å². The fourth-order valence-electron chi connectivity index (χ4n) is 3.21. The summed E-state index contributed by atoms with van der Waals surface area (Å²) in [5.41, 5.74) is 1.93. The van der Waals surface area contributed by atoms with Crippen LogP contribution in [0.15, 0.2) is 42.1 Å². The number of nitrogens with zero attached hydrogens (tertiary/aromatic N) is 5. The van der Waals surface area contributed by atoms with Crippen LogP contribution < -0.4 is 10.2 Å². The summed E-state index contributed by atoms with van der Waals surface area (Å²) in [7, 11) is 0. The minimum atomic E-state index is -0.463. The van der Waals surface area contributed by atoms with E-state index in [9.17, 15) is 4.79 Å². The van der Waals surface area contributed by atoms with Crippen LogP contribution in [0.2, 0.25) is 0 Å². The van der Waals surface area contributed by atoms with Crippen LogP contribution in [0.5, 0.6) is 0 Å². The quantitative estimate of drug-likeness (QED) is 0.889. The van der Waals surface area contributed by atoms with Gasteiger partial charge in [0.2, 0.25) is 5.95 Å². The molecular formula is C18H20N6O2. The summed E-state index contributed by atoms with van der Waals surface area (Å²) in [6.45, 7) is 3.78. The van der Waals surface area contributed by atoms with Crippen molar-refractivity contribution in [1.82, 2.24) is 20.3 Å². The molecule has 134 valence electrons. The molecular weight excluding hydrogens is 332 g/mol. The van der Waals surface area contributed by atoms with Gasteiger partial charge in [-0.05, 0) is 24.1 Å². The predicted molar refractivity (Wildman–Crippen MR) is 95.6 cm³/mol. The van der Waals surface area contributed by atoms with E-state index >= 15 is 0 Å². The summed E-state index contributed by atoms with van der Waals surface area (Å²) in [6.07, 6.45) is 8.31. The molecule has 1 spiro atoms. The second kappa shape index (κ2) is 6.70. The summed E-state index contributed by atoms with van der Waals surface area (Å²) >= 11 is 0. The number of carbonyl (C=O) groups excluding carboxylic acids is 1. The van der Waals surface area contributed by atoms with Gasteiger partial charge in [-0.2, -0.15) is 0 Å². The van der Waals surface area contributed by atoms with E-state index in [1.54, 1.807) is 24.8 Å². The van der Waals surface area contributed by atoms with Crippen molar-refractivity contribution in [2.75, 3.05) is 18.0 Å². The molecule has 26 heavy (non-hydrogen) atoms. The number of carbonyl (C=O) groups is 1. The maximum atomic E-state index is 12.4. The topological polar surface area (TPSA) is 92.6 Å². The molecule has 2 aliphatic heterocycles. The lowest BCUT2D eigenvalue weighted by atomic mass is 9.96. The zero-order chi connectivity index (χ0) is 18.0. The molecule has 0 bridgehead atoms. The van der Waals surface area contributed by atoms with E-state index in [2.05, 4.69) is 30.3 Å². The Morgan fingerprint density at radius 1 is 1.35 bits per heavy atom. The molecule has 1 N–H and O–H groups in total. The first-order chi connectivity index (χ1) is 12.6. The van der Waals surface area contributed by atoms with Crippen molar-refractivity contribution in [3.8, 4) is 0 Å². The standard InChI is InChI=1S/C18H20N6O2/c1-13-8-21-17(22-9-13)24-6-4-18(12-24)7-15(23-26-18)16(25)20-11-14-3-2-5-19-10-14/h2-3,5,8-10H,4,6-7,11-12H2,1H3,(H,20,25)/t18-/m1/s1. The minimum absolute atomic E-state index is 0.198. The van der Waals surface area contributed by atoms with Crippen LogP contribution in [0.25, 0.3) is 0 Å². The van der Waals surface area contributed by atoms with E-state index < -0.39 is 5.60 Å². The van der Waals surface area contributed by atoms with Gasteiger partial charge in [0.1, 0.15) is 5.71 Å². The van der Waals surface area contributed by atoms with E-state index in [4.69, 9.17) is 4.84 Å². The van der Waals surface area contributed by atoms with Crippen LogP contribution in [0, 0.1) is 6.92 Å². The molecule has 0 radical (unpaired) electrons. The molecule has 8 nitrogen and oxygen atoms in total. The van der Waals surface area contributed by atoms with Gasteiger partial charge in [0.15, 0.2) is 5.60 Å². The first-order valence-electron chi connectivity index (χ1n) is 8.59. The number of nitrogens with one attached hydrogen (secondary N) is 1. The molecule has 0 saturated carbocycles. The molecule has 1 fully saturated rings. The van der Waals surface area contributed by atoms with Gasteiger partial charge in [-0.25, -0.2) is 9.97 Å². The summed E-state index contributed by atoms with van der Waals surface area (Å²) in [5, 5.41) is 6.92. The normalized spacial score (nSPS) is 21.6. The number of amides is 1. The molecule has 0 aliphatic carbocycles. The molecule has 2 aromatic heterocycles. The maximum Gasteiger partial charge on any atom is 0.269 e. The Morgan fingerprint density at radius 3 is 2.96 bits per heavy atom. The van der Waals surface area contributed by atoms with Gasteiger partial charge in [0.05, 0.1) is 6.54 Å². The van der Waals surface area contributed by atoms with Gasteiger partial charge in [-0.15, -0.1) is 0 Å². The third kappa shape index (κ3) is 3.35. The molecule has 8 heteroatoms. The molecule has 2 aromatic rings. The van der Waals surface area contributed by atoms with Gasteiger partial charge < -0.3 is 15.1 Å². The Labute approximate surface area is 151 Å². The van der Waals surface area contributed by atoms with Gasteiger partial charge in [0, 0.05) is 50.7 Å². The van der Waals surface area contributed by atoms with E-state index in [0.717, 1.165) is 24.1 Å². The summed E-state index contributed by atoms with van der Waals surface area (Å²) < 4.78 is 0. The zero-order valence-corrected chi connectivity index (χ0v) is 14.6. The first-order valence-corrected chi connectivity index (χ1v) is 8.59. The van der Waals surface area contributed by atoms with Gasteiger partial charge in [-0.1, -0.05) is 11.2 Å². The molecule has 0 aromatic carbocycles. The van der Waals surface area contributed by atoms with Crippen molar-refractivity contribution in [3.05, 3.63) is 48.0 Å². The third-order valence-corrected chi connectivity index (χ3v) is 4.64. The SMILES string of the molecule is Cc1cnc(N2CC[C@@]3(CC(C(=O)NCc4cccnc4)=NO3)C2)nc1. The van der Waals surface area contributed by atoms with Crippen LogP contribution >= 0.6 is 0 Å². The highest BCUT2D eigenvalue weighted by Crippen LogP contribution is 2.35. The third-order valence-electron chi connectivity index (χ3n) is 4.64. The fraction of sp³-hybridized carbons (Fsp3) is 0.389. The zero-order valence-electron chi connectivity index (χ0n) is 14.6. The Bertz CT molecular complexity index is 823. The molecule has 4 rings (SSSR count). The Balaban J connectivity index is 1.34. The average molecular weight is 352 g/mol. The summed E-state index contributed by atoms with van der Waals surface area (Å²) in [4.78, 5) is 32.9. The molecule has 4 heterocycles. The van der Waals surface area contributed by atoms with Crippen LogP contribution in [-0.2, 0) is 16.2 Å². The highest BCUT2D eigenvalue weighted by Gasteiger charge is 2.47. The predicted octanol–water partition coefficient (Wildman–Crippen LogP) is 1.22. The summed E-state index contributed by atoms with van der Waals surface area (Å²) in [6, 6.07) is 3.76. The van der Waals surface area contributed by atoms with Crippen molar-refractivity contribution < 1.29 is 9.63 Å². The molecule has 1 atom stereocenters. The lowest BCUT2D eigenvalue weighted by molar-refractivity contribution is -0.115. The molecule has 0 unspecified atom stereocenters. The molecule has 2 aliphatic rings. The number of pyridine rings is 1. The van der Waals surface area contributed by atoms with Gasteiger partial charge >= 0.3 is 0 Å². The van der Waals surface area contributed by atoms with Crippen molar-refractivity contribution in [2.45, 2.75) is 31.9 Å². The average Bonchev–Trinajstić information content (AvgIpc) is 3.29. The number of aromatic nitrogens is 3. The second-order valence-corrected chi connectivity index (χ2v) is 6.76. The van der Waals surface area contributed by atoms with E-state index in [-0.39, 0.29) is 5.91 Å². The number of hydrogen-bond acceptors (Lipinski definition) is 7. The smallest absolute Gasteiger partial charge is 0.269 e. The monoisotopic (exact) mass is 352 g/mol. The maximum absolute atomic E-state index is 12.4. The van der Waals surface area contributed by atoms with Crippen molar-refractivity contribution >= 4 is 17.6 Å². The lowest BCUT2D eigenvalue weighted by Gasteiger charge is -2.21. The number of rotatable bonds is 4. The van der Waals surface area contributed by atoms with Gasteiger partial charge in [0.25, 0.3) is 5.91 Å². The minimum Gasteiger partial charge on any atom is -0.386 e. The van der Waals surface area contributed by atoms with Crippen molar-refractivity contribution in [1.29, 1.82) is 0 Å². The Kier molecular flexibility index (Phi) is 4.24. The Hall–Kier alpha value is -3.03. The Morgan fingerprint density at radius 2 is 2.19 bits per heavy atom. The van der Waals surface area contributed by atoms with E-state index in [1.807, 2.05) is 19.1 Å². The van der Waals surface area contributed by atoms with Gasteiger partial charge in [-0.3, -0.25) is 9.78 Å². The number of hydrogen-bond donors (Lipinski definition) is 1. The lowest BCUT2D eigenvalue weighted by Crippen LogP contribution is -2.37. The van der Waals surface area contributed by atoms with E-state index in [0.29, 0.717) is 31.2 Å². The van der Waals surface area contributed by atoms with Crippen LogP contribution in [-0.4, -0.2) is 45.3 Å². The van der Waals surface area contributed by atoms with Crippen LogP contribution in [0.4, 0.5) is 5.95 Å². The van der Waals surface area contributed by atoms with Crippen molar-refractivity contribution in [3.63, 3.8) is 0 Å². The van der Waals surface area contributed by atoms with Crippen molar-refractivity contribution in [2.24, 2.45) is 5.16 Å². The fourth-order valence-corrected chi connectivity index (χ4v) is 3.21. The first kappa shape index (κ1) is 16.4. The second-order valence-electron chi connectivity index (χ2n) is 6.76. The highest BCUT2D eigenvalue weighted by atomic mass is 16.7. The van der Waals surface area contributed by atoms with Crippen LogP contribution in [0.1, 0.15) is 24.0 Å². The number of aryl methyl sites for hydroxylation is 1. The van der Waals surface area contributed by atoms with E-state index in [1.165, 1.54) is 0 Å². The largest absolute Gasteiger partial charge is 0.386 e. The molecule has 1 saturated heterocycles. The number of oxime groups is 1. The highest BCUT2D eigenvalue weighted by molar-refractivity contribution is 6.39. The molecule has 1 amide bonds. The number of anilines is 1.